The summed E-state index contributed by atoms with van der Waals surface area (Å²) in [6.07, 6.45) is -0.154. The van der Waals surface area contributed by atoms with Gasteiger partial charge in [0, 0.05) is 57.4 Å². The average Bonchev–Trinajstić information content (AvgIpc) is 3.07. The summed E-state index contributed by atoms with van der Waals surface area (Å²) in [6.45, 7) is 4.15. The summed E-state index contributed by atoms with van der Waals surface area (Å²) in [7, 11) is 0. The molecular formula is C31H35Cl2N7O8. The summed E-state index contributed by atoms with van der Waals surface area (Å²) >= 11 is 12.1. The standard InChI is InChI=1S/C31H35Cl2N7O8/c32-26-7-3-22(15-27(26)33)19-38-11-14-48-25(20-38)18-37-31(42)36-17-21-1-4-23(5-2-21)30(41)35-10-13-47-12-9-34-28-8-6-24(39(43)44)16-29(28)40(45)46/h1-8,15-16,25,34H,9-14,17-20H2,(H,35,41)(H2,36,37,42)/t25-/m0/s1. The lowest BCUT2D eigenvalue weighted by Gasteiger charge is -2.33. The molecule has 0 aliphatic carbocycles. The van der Waals surface area contributed by atoms with Crippen LogP contribution in [0, 0.1) is 20.2 Å². The van der Waals surface area contributed by atoms with Crippen LogP contribution in [-0.4, -0.2) is 85.3 Å². The van der Waals surface area contributed by atoms with Crippen LogP contribution in [0.1, 0.15) is 21.5 Å². The molecule has 0 bridgehead atoms. The number of carbonyl (C=O) groups excluding carboxylic acids is 2. The number of anilines is 1. The predicted octanol–water partition coefficient (Wildman–Crippen LogP) is 4.37. The third kappa shape index (κ3) is 11.3. The molecule has 1 fully saturated rings. The van der Waals surface area contributed by atoms with Crippen molar-refractivity contribution >= 4 is 52.2 Å². The minimum atomic E-state index is -0.702. The zero-order valence-corrected chi connectivity index (χ0v) is 27.3. The summed E-state index contributed by atoms with van der Waals surface area (Å²) in [6, 6.07) is 15.4. The summed E-state index contributed by atoms with van der Waals surface area (Å²) in [5.74, 6) is -0.295. The van der Waals surface area contributed by atoms with Crippen molar-refractivity contribution in [3.8, 4) is 0 Å². The fourth-order valence-electron chi connectivity index (χ4n) is 4.80. The highest BCUT2D eigenvalue weighted by Crippen LogP contribution is 2.28. The predicted molar refractivity (Wildman–Crippen MR) is 180 cm³/mol. The highest BCUT2D eigenvalue weighted by atomic mass is 35.5. The van der Waals surface area contributed by atoms with Gasteiger partial charge in [-0.2, -0.15) is 0 Å². The van der Waals surface area contributed by atoms with Gasteiger partial charge in [-0.3, -0.25) is 29.9 Å². The van der Waals surface area contributed by atoms with Crippen LogP contribution in [0.3, 0.4) is 0 Å². The van der Waals surface area contributed by atoms with Crippen molar-refractivity contribution in [3.05, 3.63) is 108 Å². The van der Waals surface area contributed by atoms with E-state index in [0.717, 1.165) is 23.7 Å². The zero-order chi connectivity index (χ0) is 34.5. The number of urea groups is 1. The van der Waals surface area contributed by atoms with Gasteiger partial charge in [-0.05, 0) is 41.5 Å². The van der Waals surface area contributed by atoms with Crippen molar-refractivity contribution in [1.82, 2.24) is 20.9 Å². The number of benzene rings is 3. The lowest BCUT2D eigenvalue weighted by Crippen LogP contribution is -2.48. The molecule has 0 saturated carbocycles. The minimum absolute atomic E-state index is 0.139. The van der Waals surface area contributed by atoms with Crippen molar-refractivity contribution in [2.24, 2.45) is 0 Å². The second kappa shape index (κ2) is 18.1. The van der Waals surface area contributed by atoms with Gasteiger partial charge in [-0.1, -0.05) is 41.4 Å². The maximum Gasteiger partial charge on any atom is 0.315 e. The first-order valence-electron chi connectivity index (χ1n) is 15.0. The summed E-state index contributed by atoms with van der Waals surface area (Å²) in [4.78, 5) is 47.8. The van der Waals surface area contributed by atoms with Crippen LogP contribution in [0.5, 0.6) is 0 Å². The van der Waals surface area contributed by atoms with Crippen LogP contribution in [0.15, 0.2) is 60.7 Å². The molecular weight excluding hydrogens is 669 g/mol. The van der Waals surface area contributed by atoms with Crippen molar-refractivity contribution in [2.75, 3.05) is 57.9 Å². The number of nitrogens with one attached hydrogen (secondary N) is 4. The van der Waals surface area contributed by atoms with E-state index < -0.39 is 15.5 Å². The molecule has 1 heterocycles. The third-order valence-electron chi connectivity index (χ3n) is 7.26. The van der Waals surface area contributed by atoms with Crippen LogP contribution in [0.2, 0.25) is 10.0 Å². The van der Waals surface area contributed by atoms with Gasteiger partial charge in [0.15, 0.2) is 0 Å². The molecule has 48 heavy (non-hydrogen) atoms. The Kier molecular flexibility index (Phi) is 13.7. The number of hydrogen-bond donors (Lipinski definition) is 4. The number of non-ortho nitro benzene ring substituents is 1. The van der Waals surface area contributed by atoms with Crippen molar-refractivity contribution in [3.63, 3.8) is 0 Å². The minimum Gasteiger partial charge on any atom is -0.378 e. The monoisotopic (exact) mass is 703 g/mol. The Bertz CT molecular complexity index is 1600. The van der Waals surface area contributed by atoms with E-state index in [9.17, 15) is 29.8 Å². The topological polar surface area (TPSA) is 190 Å². The first-order chi connectivity index (χ1) is 23.1. The van der Waals surface area contributed by atoms with Crippen LogP contribution in [0.4, 0.5) is 21.9 Å². The van der Waals surface area contributed by atoms with Crippen LogP contribution in [0.25, 0.3) is 0 Å². The van der Waals surface area contributed by atoms with E-state index >= 15 is 0 Å². The van der Waals surface area contributed by atoms with Crippen LogP contribution < -0.4 is 21.3 Å². The number of carbonyl (C=O) groups is 2. The quantitative estimate of drug-likeness (QED) is 0.0947. The van der Waals surface area contributed by atoms with E-state index in [2.05, 4.69) is 26.2 Å². The lowest BCUT2D eigenvalue weighted by molar-refractivity contribution is -0.393. The largest absolute Gasteiger partial charge is 0.378 e. The van der Waals surface area contributed by atoms with Gasteiger partial charge in [0.1, 0.15) is 5.69 Å². The molecule has 0 aromatic heterocycles. The fraction of sp³-hybridized carbons (Fsp3) is 0.355. The fourth-order valence-corrected chi connectivity index (χ4v) is 5.12. The molecule has 1 aliphatic heterocycles. The lowest BCUT2D eigenvalue weighted by atomic mass is 10.1. The molecule has 4 rings (SSSR count). The van der Waals surface area contributed by atoms with E-state index in [1.807, 2.05) is 12.1 Å². The first-order valence-corrected chi connectivity index (χ1v) is 15.8. The number of ether oxygens (including phenoxy) is 2. The van der Waals surface area contributed by atoms with E-state index in [-0.39, 0.29) is 62.3 Å². The molecule has 256 valence electrons. The van der Waals surface area contributed by atoms with Gasteiger partial charge in [-0.15, -0.1) is 0 Å². The Morgan fingerprint density at radius 1 is 0.896 bits per heavy atom. The van der Waals surface area contributed by atoms with Gasteiger partial charge < -0.3 is 30.7 Å². The summed E-state index contributed by atoms with van der Waals surface area (Å²) in [5.41, 5.74) is 1.66. The van der Waals surface area contributed by atoms with Crippen molar-refractivity contribution < 1.29 is 28.9 Å². The van der Waals surface area contributed by atoms with E-state index in [1.165, 1.54) is 12.1 Å². The Hall–Kier alpha value is -4.54. The van der Waals surface area contributed by atoms with Crippen molar-refractivity contribution in [1.29, 1.82) is 0 Å². The SMILES string of the molecule is O=C(NCc1ccc(C(=O)NCCOCCNc2ccc([N+](=O)[O-])cc2[N+](=O)[O-])cc1)NC[C@H]1CN(Cc2ccc(Cl)c(Cl)c2)CCO1. The Labute approximate surface area is 286 Å². The number of nitro benzene ring substituents is 2. The van der Waals surface area contributed by atoms with E-state index in [0.29, 0.717) is 41.8 Å². The van der Waals surface area contributed by atoms with Crippen molar-refractivity contribution in [2.45, 2.75) is 19.2 Å². The molecule has 0 radical (unpaired) electrons. The number of halogens is 2. The number of nitro groups is 2. The Morgan fingerprint density at radius 3 is 2.38 bits per heavy atom. The Morgan fingerprint density at radius 2 is 1.65 bits per heavy atom. The van der Waals surface area contributed by atoms with E-state index in [1.54, 1.807) is 30.3 Å². The van der Waals surface area contributed by atoms with Gasteiger partial charge in [0.25, 0.3) is 17.3 Å². The third-order valence-corrected chi connectivity index (χ3v) is 7.99. The molecule has 3 amide bonds. The molecule has 1 saturated heterocycles. The molecule has 4 N–H and O–H groups in total. The zero-order valence-electron chi connectivity index (χ0n) is 25.8. The summed E-state index contributed by atoms with van der Waals surface area (Å²) < 4.78 is 11.3. The van der Waals surface area contributed by atoms with Gasteiger partial charge in [0.2, 0.25) is 0 Å². The second-order valence-electron chi connectivity index (χ2n) is 10.7. The maximum absolute atomic E-state index is 12.5. The number of hydrogen-bond acceptors (Lipinski definition) is 10. The van der Waals surface area contributed by atoms with Gasteiger partial charge >= 0.3 is 6.03 Å². The molecule has 0 spiro atoms. The van der Waals surface area contributed by atoms with Crippen LogP contribution in [-0.2, 0) is 22.6 Å². The summed E-state index contributed by atoms with van der Waals surface area (Å²) in [5, 5.41) is 34.3. The number of morpholine rings is 1. The average molecular weight is 705 g/mol. The van der Waals surface area contributed by atoms with E-state index in [4.69, 9.17) is 32.7 Å². The number of nitrogens with zero attached hydrogens (tertiary/aromatic N) is 3. The molecule has 1 aliphatic rings. The number of rotatable bonds is 16. The Balaban J connectivity index is 1.08. The van der Waals surface area contributed by atoms with Crippen LogP contribution >= 0.6 is 23.2 Å². The molecule has 3 aromatic rings. The smallest absolute Gasteiger partial charge is 0.315 e. The highest BCUT2D eigenvalue weighted by Gasteiger charge is 2.22. The molecule has 0 unspecified atom stereocenters. The normalized spacial score (nSPS) is 14.6. The highest BCUT2D eigenvalue weighted by molar-refractivity contribution is 6.42. The molecule has 15 nitrogen and oxygen atoms in total. The molecule has 1 atom stereocenters. The number of amides is 3. The van der Waals surface area contributed by atoms with Gasteiger partial charge in [0.05, 0.1) is 51.9 Å². The molecule has 3 aromatic carbocycles. The molecule has 17 heteroatoms. The maximum atomic E-state index is 12.5. The second-order valence-corrected chi connectivity index (χ2v) is 11.6. The van der Waals surface area contributed by atoms with Gasteiger partial charge in [-0.25, -0.2) is 4.79 Å². The first kappa shape index (κ1) is 36.3.